The topological polar surface area (TPSA) is 43.9 Å². The van der Waals surface area contributed by atoms with Gasteiger partial charge in [-0.3, -0.25) is 0 Å². The molecule has 0 atom stereocenters. The molecule has 0 aliphatic rings. The monoisotopic (exact) mass is 281 g/mol. The molecule has 4 heterocycles. The van der Waals surface area contributed by atoms with E-state index < -0.39 is 0 Å². The van der Waals surface area contributed by atoms with Gasteiger partial charge < -0.3 is 8.98 Å². The standard InChI is InChI=1S/C15H11N3OS/c1-5-12-14(16-7-1)18(10-11-4-3-9-20-11)15(17-12)13-6-2-8-19-13/h1-9H,10H2. The lowest BCUT2D eigenvalue weighted by atomic mass is 10.4. The van der Waals surface area contributed by atoms with Gasteiger partial charge in [0.25, 0.3) is 0 Å². The number of nitrogens with zero attached hydrogens (tertiary/aromatic N) is 3. The fourth-order valence-corrected chi connectivity index (χ4v) is 2.95. The summed E-state index contributed by atoms with van der Waals surface area (Å²) in [7, 11) is 0. The van der Waals surface area contributed by atoms with Crippen LogP contribution in [-0.2, 0) is 6.54 Å². The van der Waals surface area contributed by atoms with Gasteiger partial charge in [-0.2, -0.15) is 0 Å². The second-order valence-corrected chi connectivity index (χ2v) is 5.46. The molecule has 0 aliphatic carbocycles. The molecule has 4 aromatic heterocycles. The predicted octanol–water partition coefficient (Wildman–Crippen LogP) is 3.80. The molecule has 0 spiro atoms. The van der Waals surface area contributed by atoms with Crippen molar-refractivity contribution in [3.63, 3.8) is 0 Å². The number of furan rings is 1. The van der Waals surface area contributed by atoms with Crippen LogP contribution in [0.3, 0.4) is 0 Å². The lowest BCUT2D eigenvalue weighted by Gasteiger charge is -2.05. The van der Waals surface area contributed by atoms with Crippen LogP contribution in [0, 0.1) is 0 Å². The van der Waals surface area contributed by atoms with Crippen molar-refractivity contribution in [2.45, 2.75) is 6.54 Å². The van der Waals surface area contributed by atoms with E-state index in [0.717, 1.165) is 29.3 Å². The average molecular weight is 281 g/mol. The Morgan fingerprint density at radius 3 is 2.95 bits per heavy atom. The number of aromatic nitrogens is 3. The Labute approximate surface area is 119 Å². The normalized spacial score (nSPS) is 11.2. The van der Waals surface area contributed by atoms with Crippen molar-refractivity contribution >= 4 is 22.5 Å². The van der Waals surface area contributed by atoms with Crippen molar-refractivity contribution < 1.29 is 4.42 Å². The van der Waals surface area contributed by atoms with Crippen molar-refractivity contribution in [1.29, 1.82) is 0 Å². The van der Waals surface area contributed by atoms with E-state index in [1.54, 1.807) is 23.8 Å². The molecule has 4 rings (SSSR count). The number of thiophene rings is 1. The highest BCUT2D eigenvalue weighted by Gasteiger charge is 2.15. The van der Waals surface area contributed by atoms with E-state index in [-0.39, 0.29) is 0 Å². The smallest absolute Gasteiger partial charge is 0.178 e. The van der Waals surface area contributed by atoms with Gasteiger partial charge in [-0.05, 0) is 35.7 Å². The first kappa shape index (κ1) is 11.4. The van der Waals surface area contributed by atoms with Crippen LogP contribution >= 0.6 is 11.3 Å². The molecule has 0 N–H and O–H groups in total. The Morgan fingerprint density at radius 2 is 2.15 bits per heavy atom. The van der Waals surface area contributed by atoms with Gasteiger partial charge in [0.2, 0.25) is 0 Å². The second-order valence-electron chi connectivity index (χ2n) is 4.42. The predicted molar refractivity (Wildman–Crippen MR) is 78.7 cm³/mol. The van der Waals surface area contributed by atoms with Crippen molar-refractivity contribution in [1.82, 2.24) is 14.5 Å². The minimum atomic E-state index is 0.751. The molecule has 4 aromatic rings. The molecule has 0 bridgehead atoms. The third-order valence-corrected chi connectivity index (χ3v) is 4.00. The number of rotatable bonds is 3. The first-order valence-electron chi connectivity index (χ1n) is 6.29. The molecule has 20 heavy (non-hydrogen) atoms. The molecular weight excluding hydrogens is 270 g/mol. The quantitative estimate of drug-likeness (QED) is 0.573. The van der Waals surface area contributed by atoms with E-state index in [9.17, 15) is 0 Å². The van der Waals surface area contributed by atoms with Crippen LogP contribution in [0.25, 0.3) is 22.7 Å². The largest absolute Gasteiger partial charge is 0.461 e. The zero-order valence-electron chi connectivity index (χ0n) is 10.6. The Hall–Kier alpha value is -2.40. The number of hydrogen-bond donors (Lipinski definition) is 0. The Morgan fingerprint density at radius 1 is 1.15 bits per heavy atom. The maximum atomic E-state index is 5.50. The molecule has 4 nitrogen and oxygen atoms in total. The van der Waals surface area contributed by atoms with Crippen LogP contribution in [0.2, 0.25) is 0 Å². The summed E-state index contributed by atoms with van der Waals surface area (Å²) >= 11 is 1.73. The minimum absolute atomic E-state index is 0.751. The van der Waals surface area contributed by atoms with Crippen LogP contribution in [0.4, 0.5) is 0 Å². The molecule has 0 aromatic carbocycles. The first-order chi connectivity index (χ1) is 9.92. The third-order valence-electron chi connectivity index (χ3n) is 3.14. The van der Waals surface area contributed by atoms with E-state index in [0.29, 0.717) is 0 Å². The van der Waals surface area contributed by atoms with Crippen LogP contribution in [-0.4, -0.2) is 14.5 Å². The summed E-state index contributed by atoms with van der Waals surface area (Å²) < 4.78 is 7.60. The highest BCUT2D eigenvalue weighted by Crippen LogP contribution is 2.25. The maximum Gasteiger partial charge on any atom is 0.178 e. The zero-order chi connectivity index (χ0) is 13.4. The SMILES string of the molecule is c1coc(-c2nc3cccnc3n2Cc2cccs2)c1. The number of pyridine rings is 1. The van der Waals surface area contributed by atoms with Crippen molar-refractivity contribution in [2.24, 2.45) is 0 Å². The van der Waals surface area contributed by atoms with Crippen LogP contribution < -0.4 is 0 Å². The van der Waals surface area contributed by atoms with Crippen molar-refractivity contribution in [3.05, 3.63) is 59.1 Å². The van der Waals surface area contributed by atoms with Gasteiger partial charge in [-0.15, -0.1) is 11.3 Å². The molecule has 5 heteroatoms. The van der Waals surface area contributed by atoms with Crippen LogP contribution in [0.5, 0.6) is 0 Å². The summed E-state index contributed by atoms with van der Waals surface area (Å²) in [5, 5.41) is 2.08. The van der Waals surface area contributed by atoms with Crippen LogP contribution in [0.15, 0.2) is 58.7 Å². The summed E-state index contributed by atoms with van der Waals surface area (Å²) in [4.78, 5) is 10.4. The molecule has 0 saturated heterocycles. The summed E-state index contributed by atoms with van der Waals surface area (Å²) in [5.41, 5.74) is 1.77. The molecule has 0 unspecified atom stereocenters. The van der Waals surface area contributed by atoms with E-state index in [1.807, 2.05) is 24.3 Å². The highest BCUT2D eigenvalue weighted by atomic mass is 32.1. The Balaban J connectivity index is 1.93. The molecule has 98 valence electrons. The lowest BCUT2D eigenvalue weighted by molar-refractivity contribution is 0.572. The zero-order valence-corrected chi connectivity index (χ0v) is 11.4. The fourth-order valence-electron chi connectivity index (χ4n) is 2.26. The number of imidazole rings is 1. The van der Waals surface area contributed by atoms with E-state index in [2.05, 4.69) is 32.0 Å². The van der Waals surface area contributed by atoms with Gasteiger partial charge >= 0.3 is 0 Å². The Bertz CT molecular complexity index is 831. The fraction of sp³-hybridized carbons (Fsp3) is 0.0667. The molecule has 0 saturated carbocycles. The summed E-state index contributed by atoms with van der Waals surface area (Å²) in [5.74, 6) is 1.58. The van der Waals surface area contributed by atoms with Gasteiger partial charge in [-0.25, -0.2) is 9.97 Å². The van der Waals surface area contributed by atoms with Crippen molar-refractivity contribution in [3.8, 4) is 11.6 Å². The number of hydrogen-bond acceptors (Lipinski definition) is 4. The van der Waals surface area contributed by atoms with Crippen molar-refractivity contribution in [2.75, 3.05) is 0 Å². The lowest BCUT2D eigenvalue weighted by Crippen LogP contribution is -2.01. The molecular formula is C15H11N3OS. The molecule has 0 radical (unpaired) electrons. The molecule has 0 fully saturated rings. The van der Waals surface area contributed by atoms with Gasteiger partial charge in [-0.1, -0.05) is 6.07 Å². The van der Waals surface area contributed by atoms with E-state index in [1.165, 1.54) is 4.88 Å². The summed E-state index contributed by atoms with van der Waals surface area (Å²) in [6.45, 7) is 0.751. The first-order valence-corrected chi connectivity index (χ1v) is 7.17. The minimum Gasteiger partial charge on any atom is -0.461 e. The van der Waals surface area contributed by atoms with Gasteiger partial charge in [0.1, 0.15) is 5.52 Å². The molecule has 0 aliphatic heterocycles. The summed E-state index contributed by atoms with van der Waals surface area (Å²) in [6, 6.07) is 11.8. The molecule has 0 amide bonds. The van der Waals surface area contributed by atoms with Crippen LogP contribution in [0.1, 0.15) is 4.88 Å². The Kier molecular flexibility index (Phi) is 2.63. The second kappa shape index (κ2) is 4.61. The third kappa shape index (κ3) is 1.83. The van der Waals surface area contributed by atoms with E-state index >= 15 is 0 Å². The number of fused-ring (bicyclic) bond motifs is 1. The maximum absolute atomic E-state index is 5.50. The van der Waals surface area contributed by atoms with Gasteiger partial charge in [0.05, 0.1) is 12.8 Å². The average Bonchev–Trinajstić information content (AvgIpc) is 3.19. The van der Waals surface area contributed by atoms with E-state index in [4.69, 9.17) is 4.42 Å². The van der Waals surface area contributed by atoms with Gasteiger partial charge in [0.15, 0.2) is 17.2 Å². The van der Waals surface area contributed by atoms with Gasteiger partial charge in [0, 0.05) is 11.1 Å². The summed E-state index contributed by atoms with van der Waals surface area (Å²) in [6.07, 6.45) is 3.46. The highest BCUT2D eigenvalue weighted by molar-refractivity contribution is 7.09.